The van der Waals surface area contributed by atoms with Gasteiger partial charge in [-0.25, -0.2) is 0 Å². The minimum atomic E-state index is 1.18. The Hall–Kier alpha value is -4.40. The fourth-order valence-corrected chi connectivity index (χ4v) is 6.94. The summed E-state index contributed by atoms with van der Waals surface area (Å²) in [5.74, 6) is 0. The molecule has 2 heterocycles. The molecule has 0 amide bonds. The van der Waals surface area contributed by atoms with Crippen molar-refractivity contribution in [1.82, 2.24) is 4.98 Å². The zero-order chi connectivity index (χ0) is 23.6. The quantitative estimate of drug-likeness (QED) is 0.256. The first-order chi connectivity index (χ1) is 17.8. The lowest BCUT2D eigenvalue weighted by Crippen LogP contribution is -1.84. The van der Waals surface area contributed by atoms with Crippen LogP contribution in [0.25, 0.3) is 75.0 Å². The van der Waals surface area contributed by atoms with Gasteiger partial charge >= 0.3 is 0 Å². The number of para-hydroxylation sites is 1. The summed E-state index contributed by atoms with van der Waals surface area (Å²) in [5.41, 5.74) is 7.38. The van der Waals surface area contributed by atoms with Crippen LogP contribution in [0, 0.1) is 0 Å². The molecule has 0 aliphatic rings. The molecule has 0 atom stereocenters. The monoisotopic (exact) mass is 475 g/mol. The Kier molecular flexibility index (Phi) is 4.16. The molecule has 0 fully saturated rings. The summed E-state index contributed by atoms with van der Waals surface area (Å²) < 4.78 is 2.68. The highest BCUT2D eigenvalue weighted by molar-refractivity contribution is 7.25. The highest BCUT2D eigenvalue weighted by atomic mass is 32.1. The van der Waals surface area contributed by atoms with E-state index in [-0.39, 0.29) is 0 Å². The molecule has 2 heteroatoms. The molecule has 0 spiro atoms. The SMILES string of the molecule is c1cc(-c2cccc3c2[nH]c2ccc4ccccc4c23)cc(-c2cccc3sc4ccccc4c23)c1. The standard InChI is InChI=1S/C34H21NS/c1-2-11-24-21(8-1)18-19-29-32(24)28-15-6-14-26(34(28)35-29)23-10-5-9-22(20-23)25-13-7-17-31-33(25)27-12-3-4-16-30(27)36-31/h1-20,35H. The van der Waals surface area contributed by atoms with E-state index in [1.807, 2.05) is 11.3 Å². The summed E-state index contributed by atoms with van der Waals surface area (Å²) in [5, 5.41) is 7.83. The highest BCUT2D eigenvalue weighted by Gasteiger charge is 2.14. The van der Waals surface area contributed by atoms with Crippen LogP contribution in [0.2, 0.25) is 0 Å². The first-order valence-electron chi connectivity index (χ1n) is 12.3. The second-order valence-electron chi connectivity index (χ2n) is 9.42. The van der Waals surface area contributed by atoms with Crippen LogP contribution in [0.3, 0.4) is 0 Å². The molecule has 168 valence electrons. The van der Waals surface area contributed by atoms with E-state index in [1.54, 1.807) is 0 Å². The molecule has 2 aromatic heterocycles. The third kappa shape index (κ3) is 2.82. The van der Waals surface area contributed by atoms with Crippen LogP contribution < -0.4 is 0 Å². The molecule has 0 radical (unpaired) electrons. The van der Waals surface area contributed by atoms with Gasteiger partial charge in [-0.15, -0.1) is 11.3 Å². The first kappa shape index (κ1) is 19.9. The molecule has 8 rings (SSSR count). The van der Waals surface area contributed by atoms with E-state index in [0.717, 1.165) is 0 Å². The van der Waals surface area contributed by atoms with E-state index in [9.17, 15) is 0 Å². The van der Waals surface area contributed by atoms with E-state index >= 15 is 0 Å². The molecular weight excluding hydrogens is 454 g/mol. The van der Waals surface area contributed by atoms with Gasteiger partial charge in [0.15, 0.2) is 0 Å². The average molecular weight is 476 g/mol. The van der Waals surface area contributed by atoms with Gasteiger partial charge in [0.25, 0.3) is 0 Å². The molecule has 0 unspecified atom stereocenters. The fourth-order valence-electron chi connectivity index (χ4n) is 5.81. The van der Waals surface area contributed by atoms with Crippen LogP contribution in [-0.4, -0.2) is 4.98 Å². The summed E-state index contributed by atoms with van der Waals surface area (Å²) >= 11 is 1.87. The van der Waals surface area contributed by atoms with Crippen molar-refractivity contribution in [2.24, 2.45) is 0 Å². The zero-order valence-corrected chi connectivity index (χ0v) is 20.3. The highest BCUT2D eigenvalue weighted by Crippen LogP contribution is 2.42. The second kappa shape index (κ2) is 7.55. The number of benzene rings is 6. The summed E-state index contributed by atoms with van der Waals surface area (Å²) in [7, 11) is 0. The van der Waals surface area contributed by atoms with E-state index in [1.165, 1.54) is 75.0 Å². The molecule has 0 bridgehead atoms. The van der Waals surface area contributed by atoms with Gasteiger partial charge in [0, 0.05) is 42.0 Å². The molecule has 0 aliphatic heterocycles. The predicted octanol–water partition coefficient (Wildman–Crippen LogP) is 10.2. The van der Waals surface area contributed by atoms with E-state index in [0.29, 0.717) is 0 Å². The number of fused-ring (bicyclic) bond motifs is 8. The lowest BCUT2D eigenvalue weighted by Gasteiger charge is -2.09. The van der Waals surface area contributed by atoms with Gasteiger partial charge in [0.05, 0.1) is 5.52 Å². The number of aromatic nitrogens is 1. The second-order valence-corrected chi connectivity index (χ2v) is 10.5. The summed E-state index contributed by atoms with van der Waals surface area (Å²) in [6, 6.07) is 44.2. The van der Waals surface area contributed by atoms with Crippen LogP contribution >= 0.6 is 11.3 Å². The Labute approximate surface area is 212 Å². The number of rotatable bonds is 2. The summed E-state index contributed by atoms with van der Waals surface area (Å²) in [6.07, 6.45) is 0. The van der Waals surface area contributed by atoms with Crippen LogP contribution in [0.5, 0.6) is 0 Å². The number of aromatic amines is 1. The molecule has 36 heavy (non-hydrogen) atoms. The minimum Gasteiger partial charge on any atom is -0.354 e. The van der Waals surface area contributed by atoms with Gasteiger partial charge in [-0.3, -0.25) is 0 Å². The van der Waals surface area contributed by atoms with Crippen molar-refractivity contribution in [2.75, 3.05) is 0 Å². The third-order valence-corrected chi connectivity index (χ3v) is 8.55. The molecule has 6 aromatic carbocycles. The van der Waals surface area contributed by atoms with E-state index < -0.39 is 0 Å². The van der Waals surface area contributed by atoms with Crippen LogP contribution in [0.15, 0.2) is 121 Å². The topological polar surface area (TPSA) is 15.8 Å². The molecule has 0 saturated carbocycles. The molecule has 8 aromatic rings. The fraction of sp³-hybridized carbons (Fsp3) is 0. The maximum absolute atomic E-state index is 3.75. The van der Waals surface area contributed by atoms with Gasteiger partial charge in [0.2, 0.25) is 0 Å². The number of nitrogens with one attached hydrogen (secondary N) is 1. The van der Waals surface area contributed by atoms with Gasteiger partial charge in [-0.2, -0.15) is 0 Å². The van der Waals surface area contributed by atoms with Gasteiger partial charge in [0.1, 0.15) is 0 Å². The minimum absolute atomic E-state index is 1.18. The van der Waals surface area contributed by atoms with Crippen molar-refractivity contribution in [3.05, 3.63) is 121 Å². The van der Waals surface area contributed by atoms with Crippen LogP contribution in [0.1, 0.15) is 0 Å². The van der Waals surface area contributed by atoms with Crippen molar-refractivity contribution >= 4 is 64.1 Å². The number of thiophene rings is 1. The van der Waals surface area contributed by atoms with Crippen molar-refractivity contribution in [2.45, 2.75) is 0 Å². The first-order valence-corrected chi connectivity index (χ1v) is 13.1. The molecule has 0 aliphatic carbocycles. The smallest absolute Gasteiger partial charge is 0.0544 e. The summed E-state index contributed by atoms with van der Waals surface area (Å²) in [6.45, 7) is 0. The maximum atomic E-state index is 3.75. The molecule has 1 nitrogen and oxygen atoms in total. The Morgan fingerprint density at radius 1 is 0.472 bits per heavy atom. The normalized spacial score (nSPS) is 11.9. The molecule has 1 N–H and O–H groups in total. The lowest BCUT2D eigenvalue weighted by molar-refractivity contribution is 1.54. The maximum Gasteiger partial charge on any atom is 0.0544 e. The Morgan fingerprint density at radius 3 is 2.11 bits per heavy atom. The van der Waals surface area contributed by atoms with Gasteiger partial charge in [-0.05, 0) is 51.7 Å². The van der Waals surface area contributed by atoms with Crippen molar-refractivity contribution in [1.29, 1.82) is 0 Å². The van der Waals surface area contributed by atoms with Crippen molar-refractivity contribution < 1.29 is 0 Å². The van der Waals surface area contributed by atoms with Gasteiger partial charge in [-0.1, -0.05) is 97.1 Å². The Balaban J connectivity index is 1.37. The number of H-pyrrole nitrogens is 1. The average Bonchev–Trinajstić information content (AvgIpc) is 3.52. The zero-order valence-electron chi connectivity index (χ0n) is 19.5. The van der Waals surface area contributed by atoms with Crippen LogP contribution in [0.4, 0.5) is 0 Å². The number of hydrogen-bond acceptors (Lipinski definition) is 1. The summed E-state index contributed by atoms with van der Waals surface area (Å²) in [4.78, 5) is 3.75. The van der Waals surface area contributed by atoms with Crippen LogP contribution in [-0.2, 0) is 0 Å². The van der Waals surface area contributed by atoms with E-state index in [4.69, 9.17) is 0 Å². The Morgan fingerprint density at radius 2 is 1.17 bits per heavy atom. The number of hydrogen-bond donors (Lipinski definition) is 1. The lowest BCUT2D eigenvalue weighted by atomic mass is 9.95. The predicted molar refractivity (Wildman–Crippen MR) is 157 cm³/mol. The van der Waals surface area contributed by atoms with Crippen molar-refractivity contribution in [3.8, 4) is 22.3 Å². The van der Waals surface area contributed by atoms with Crippen molar-refractivity contribution in [3.63, 3.8) is 0 Å². The van der Waals surface area contributed by atoms with E-state index in [2.05, 4.69) is 126 Å². The molecule has 0 saturated heterocycles. The third-order valence-electron chi connectivity index (χ3n) is 7.41. The largest absolute Gasteiger partial charge is 0.354 e. The van der Waals surface area contributed by atoms with Gasteiger partial charge < -0.3 is 4.98 Å². The Bertz CT molecular complexity index is 2110. The molecular formula is C34H21NS.